The van der Waals surface area contributed by atoms with Crippen molar-refractivity contribution in [1.82, 2.24) is 4.57 Å². The van der Waals surface area contributed by atoms with Gasteiger partial charge in [-0.2, -0.15) is 5.26 Å². The Morgan fingerprint density at radius 2 is 1.78 bits per heavy atom. The van der Waals surface area contributed by atoms with E-state index in [0.717, 1.165) is 16.8 Å². The van der Waals surface area contributed by atoms with Gasteiger partial charge in [0.1, 0.15) is 11.6 Å². The maximum atomic E-state index is 12.3. The Morgan fingerprint density at radius 3 is 2.52 bits per heavy atom. The standard InChI is InChI=1S/C19H17N3O/c1-21(2)17-9-5-3-7-14(17)12-22-13-15(11-20)19(23)16-8-4-6-10-18(16)22/h3-10,13H,12H2,1-2H3. The second-order valence-corrected chi connectivity index (χ2v) is 5.65. The number of nitrogens with zero attached hydrogens (tertiary/aromatic N) is 3. The van der Waals surface area contributed by atoms with Gasteiger partial charge in [0.2, 0.25) is 5.43 Å². The highest BCUT2D eigenvalue weighted by Gasteiger charge is 2.10. The minimum atomic E-state index is -0.208. The quantitative estimate of drug-likeness (QED) is 0.747. The summed E-state index contributed by atoms with van der Waals surface area (Å²) < 4.78 is 1.97. The van der Waals surface area contributed by atoms with E-state index >= 15 is 0 Å². The Labute approximate surface area is 134 Å². The number of fused-ring (bicyclic) bond motifs is 1. The van der Waals surface area contributed by atoms with Crippen LogP contribution in [0.4, 0.5) is 5.69 Å². The first-order valence-electron chi connectivity index (χ1n) is 7.39. The lowest BCUT2D eigenvalue weighted by molar-refractivity contribution is 0.819. The molecule has 114 valence electrons. The van der Waals surface area contributed by atoms with E-state index in [4.69, 9.17) is 0 Å². The molecule has 0 spiro atoms. The van der Waals surface area contributed by atoms with Crippen LogP contribution in [0.25, 0.3) is 10.9 Å². The van der Waals surface area contributed by atoms with Gasteiger partial charge in [0.25, 0.3) is 0 Å². The molecule has 0 unspecified atom stereocenters. The SMILES string of the molecule is CN(C)c1ccccc1Cn1cc(C#N)c(=O)c2ccccc21. The number of rotatable bonds is 3. The van der Waals surface area contributed by atoms with E-state index in [1.165, 1.54) is 0 Å². The molecule has 0 N–H and O–H groups in total. The van der Waals surface area contributed by atoms with Crippen LogP contribution in [0.3, 0.4) is 0 Å². The topological polar surface area (TPSA) is 49.0 Å². The summed E-state index contributed by atoms with van der Waals surface area (Å²) in [7, 11) is 4.01. The third-order valence-corrected chi connectivity index (χ3v) is 3.92. The Bertz CT molecular complexity index is 964. The molecule has 0 aliphatic heterocycles. The van der Waals surface area contributed by atoms with Gasteiger partial charge < -0.3 is 9.47 Å². The van der Waals surface area contributed by atoms with Crippen molar-refractivity contribution in [2.45, 2.75) is 6.54 Å². The first kappa shape index (κ1) is 14.9. The van der Waals surface area contributed by atoms with E-state index < -0.39 is 0 Å². The molecule has 0 saturated carbocycles. The number of hydrogen-bond acceptors (Lipinski definition) is 3. The van der Waals surface area contributed by atoms with Crippen molar-refractivity contribution in [3.05, 3.63) is 76.1 Å². The molecule has 3 aromatic rings. The van der Waals surface area contributed by atoms with Crippen LogP contribution in [-0.4, -0.2) is 18.7 Å². The normalized spacial score (nSPS) is 10.5. The molecule has 0 radical (unpaired) electrons. The molecule has 0 aliphatic carbocycles. The predicted octanol–water partition coefficient (Wildman–Crippen LogP) is 2.99. The maximum Gasteiger partial charge on any atom is 0.207 e. The third-order valence-electron chi connectivity index (χ3n) is 3.92. The van der Waals surface area contributed by atoms with E-state index in [1.807, 2.05) is 55.1 Å². The van der Waals surface area contributed by atoms with Gasteiger partial charge in [0, 0.05) is 37.9 Å². The minimum absolute atomic E-state index is 0.172. The molecular formula is C19H17N3O. The van der Waals surface area contributed by atoms with Gasteiger partial charge in [-0.15, -0.1) is 0 Å². The summed E-state index contributed by atoms with van der Waals surface area (Å²) in [5.41, 5.74) is 3.06. The number of benzene rings is 2. The fraction of sp³-hybridized carbons (Fsp3) is 0.158. The van der Waals surface area contributed by atoms with E-state index in [-0.39, 0.29) is 11.0 Å². The lowest BCUT2D eigenvalue weighted by atomic mass is 10.1. The van der Waals surface area contributed by atoms with Crippen molar-refractivity contribution >= 4 is 16.6 Å². The lowest BCUT2D eigenvalue weighted by Crippen LogP contribution is -2.16. The Balaban J connectivity index is 2.20. The molecule has 4 heteroatoms. The molecule has 4 nitrogen and oxygen atoms in total. The van der Waals surface area contributed by atoms with E-state index in [1.54, 1.807) is 12.3 Å². The molecule has 0 saturated heterocycles. The van der Waals surface area contributed by atoms with Crippen LogP contribution < -0.4 is 10.3 Å². The van der Waals surface area contributed by atoms with Crippen LogP contribution in [0.2, 0.25) is 0 Å². The van der Waals surface area contributed by atoms with Crippen LogP contribution >= 0.6 is 0 Å². The van der Waals surface area contributed by atoms with Crippen LogP contribution in [0.1, 0.15) is 11.1 Å². The predicted molar refractivity (Wildman–Crippen MR) is 92.8 cm³/mol. The number of aromatic nitrogens is 1. The molecule has 0 amide bonds. The molecule has 0 aliphatic rings. The van der Waals surface area contributed by atoms with Gasteiger partial charge in [-0.25, -0.2) is 0 Å². The summed E-state index contributed by atoms with van der Waals surface area (Å²) in [4.78, 5) is 14.4. The van der Waals surface area contributed by atoms with Crippen molar-refractivity contribution in [2.75, 3.05) is 19.0 Å². The zero-order valence-electron chi connectivity index (χ0n) is 13.2. The van der Waals surface area contributed by atoms with Gasteiger partial charge in [-0.05, 0) is 23.8 Å². The average molecular weight is 303 g/mol. The zero-order valence-corrected chi connectivity index (χ0v) is 13.2. The smallest absolute Gasteiger partial charge is 0.207 e. The monoisotopic (exact) mass is 303 g/mol. The number of anilines is 1. The van der Waals surface area contributed by atoms with E-state index in [9.17, 15) is 10.1 Å². The average Bonchev–Trinajstić information content (AvgIpc) is 2.57. The molecule has 0 fully saturated rings. The zero-order chi connectivity index (χ0) is 16.4. The fourth-order valence-electron chi connectivity index (χ4n) is 2.82. The largest absolute Gasteiger partial charge is 0.377 e. The highest BCUT2D eigenvalue weighted by molar-refractivity contribution is 5.80. The Kier molecular flexibility index (Phi) is 3.86. The molecule has 0 bridgehead atoms. The highest BCUT2D eigenvalue weighted by Crippen LogP contribution is 2.21. The van der Waals surface area contributed by atoms with Crippen LogP contribution in [0.5, 0.6) is 0 Å². The highest BCUT2D eigenvalue weighted by atomic mass is 16.1. The Morgan fingerprint density at radius 1 is 1.09 bits per heavy atom. The van der Waals surface area contributed by atoms with E-state index in [0.29, 0.717) is 11.9 Å². The summed E-state index contributed by atoms with van der Waals surface area (Å²) in [6, 6.07) is 17.5. The van der Waals surface area contributed by atoms with Gasteiger partial charge in [0.15, 0.2) is 0 Å². The summed E-state index contributed by atoms with van der Waals surface area (Å²) in [6.45, 7) is 0.601. The third kappa shape index (κ3) is 2.69. The van der Waals surface area contributed by atoms with Crippen LogP contribution in [-0.2, 0) is 6.54 Å². The molecule has 3 rings (SSSR count). The van der Waals surface area contributed by atoms with Crippen molar-refractivity contribution in [1.29, 1.82) is 5.26 Å². The van der Waals surface area contributed by atoms with Gasteiger partial charge in [-0.1, -0.05) is 30.3 Å². The summed E-state index contributed by atoms with van der Waals surface area (Å²) in [6.07, 6.45) is 1.65. The number of hydrogen-bond donors (Lipinski definition) is 0. The maximum absolute atomic E-state index is 12.3. The van der Waals surface area contributed by atoms with Crippen molar-refractivity contribution in [3.63, 3.8) is 0 Å². The summed E-state index contributed by atoms with van der Waals surface area (Å²) in [5.74, 6) is 0. The van der Waals surface area contributed by atoms with Crippen molar-refractivity contribution in [3.8, 4) is 6.07 Å². The van der Waals surface area contributed by atoms with E-state index in [2.05, 4.69) is 17.0 Å². The fourth-order valence-corrected chi connectivity index (χ4v) is 2.82. The summed E-state index contributed by atoms with van der Waals surface area (Å²) >= 11 is 0. The number of pyridine rings is 1. The number of para-hydroxylation sites is 2. The first-order valence-corrected chi connectivity index (χ1v) is 7.39. The van der Waals surface area contributed by atoms with Gasteiger partial charge in [-0.3, -0.25) is 4.79 Å². The molecule has 1 heterocycles. The lowest BCUT2D eigenvalue weighted by Gasteiger charge is -2.19. The second-order valence-electron chi connectivity index (χ2n) is 5.65. The van der Waals surface area contributed by atoms with Crippen molar-refractivity contribution < 1.29 is 0 Å². The first-order chi connectivity index (χ1) is 11.1. The molecular weight excluding hydrogens is 286 g/mol. The molecule has 0 atom stereocenters. The van der Waals surface area contributed by atoms with Gasteiger partial charge >= 0.3 is 0 Å². The minimum Gasteiger partial charge on any atom is -0.377 e. The second kappa shape index (κ2) is 5.98. The van der Waals surface area contributed by atoms with Crippen LogP contribution in [0.15, 0.2) is 59.5 Å². The van der Waals surface area contributed by atoms with Gasteiger partial charge in [0.05, 0.1) is 5.52 Å². The molecule has 23 heavy (non-hydrogen) atoms. The van der Waals surface area contributed by atoms with Crippen molar-refractivity contribution in [2.24, 2.45) is 0 Å². The number of nitriles is 1. The Hall–Kier alpha value is -3.06. The van der Waals surface area contributed by atoms with Crippen LogP contribution in [0, 0.1) is 11.3 Å². The molecule has 1 aromatic heterocycles. The molecule has 2 aromatic carbocycles. The summed E-state index contributed by atoms with van der Waals surface area (Å²) in [5, 5.41) is 9.82.